The van der Waals surface area contributed by atoms with Crippen molar-refractivity contribution in [3.63, 3.8) is 0 Å². The highest BCUT2D eigenvalue weighted by Gasteiger charge is 2.54. The van der Waals surface area contributed by atoms with E-state index in [9.17, 15) is 22.8 Å². The average Bonchev–Trinajstić information content (AvgIpc) is 3.34. The van der Waals surface area contributed by atoms with Gasteiger partial charge in [-0.3, -0.25) is 19.9 Å². The van der Waals surface area contributed by atoms with Crippen molar-refractivity contribution in [2.45, 2.75) is 23.8 Å². The maximum atomic E-state index is 14.6. The Kier molecular flexibility index (Phi) is 9.52. The number of ether oxygens (including phenoxy) is 2. The smallest absolute Gasteiger partial charge is 0.417 e. The summed E-state index contributed by atoms with van der Waals surface area (Å²) < 4.78 is 40.2. The molecule has 0 spiro atoms. The number of anilines is 2. The summed E-state index contributed by atoms with van der Waals surface area (Å²) in [7, 11) is -3.41. The van der Waals surface area contributed by atoms with Crippen LogP contribution in [0.25, 0.3) is 0 Å². The first kappa shape index (κ1) is 34.4. The Morgan fingerprint density at radius 1 is 0.920 bits per heavy atom. The molecule has 2 N–H and O–H groups in total. The number of carbonyl (C=O) groups excluding carboxylic acids is 3. The predicted octanol–water partition coefficient (Wildman–Crippen LogP) is 6.98. The molecule has 0 saturated carbocycles. The fraction of sp³-hybridized carbons (Fsp3) is 0.111. The van der Waals surface area contributed by atoms with Crippen LogP contribution in [0.5, 0.6) is 11.5 Å². The molecule has 0 bridgehead atoms. The molecule has 1 aromatic heterocycles. The lowest BCUT2D eigenvalue weighted by molar-refractivity contribution is -0.120. The van der Waals surface area contributed by atoms with Gasteiger partial charge >= 0.3 is 6.09 Å². The minimum atomic E-state index is -4.66. The van der Waals surface area contributed by atoms with E-state index in [0.717, 1.165) is 5.56 Å². The van der Waals surface area contributed by atoms with Crippen molar-refractivity contribution in [3.8, 4) is 11.5 Å². The molecule has 2 heterocycles. The highest BCUT2D eigenvalue weighted by Crippen LogP contribution is 2.51. The van der Waals surface area contributed by atoms with Gasteiger partial charge in [0.15, 0.2) is 0 Å². The molecule has 50 heavy (non-hydrogen) atoms. The van der Waals surface area contributed by atoms with E-state index >= 15 is 0 Å². The molecule has 254 valence electrons. The molecule has 1 aliphatic heterocycles. The van der Waals surface area contributed by atoms with Crippen LogP contribution in [0.2, 0.25) is 10.0 Å². The van der Waals surface area contributed by atoms with Gasteiger partial charge in [-0.25, -0.2) is 17.5 Å². The molecule has 14 heteroatoms. The number of nitrogens with one attached hydrogen (secondary N) is 2. The van der Waals surface area contributed by atoms with Crippen molar-refractivity contribution in [1.29, 1.82) is 0 Å². The van der Waals surface area contributed by atoms with Crippen molar-refractivity contribution in [2.24, 2.45) is 0 Å². The number of benzene rings is 4. The first-order chi connectivity index (χ1) is 23.9. The lowest BCUT2D eigenvalue weighted by Crippen LogP contribution is -2.42. The van der Waals surface area contributed by atoms with Gasteiger partial charge in [0.05, 0.1) is 12.8 Å². The number of aromatic nitrogens is 1. The topological polar surface area (TPSA) is 144 Å². The summed E-state index contributed by atoms with van der Waals surface area (Å²) in [5.41, 5.74) is -0.0411. The van der Waals surface area contributed by atoms with E-state index in [-0.39, 0.29) is 55.3 Å². The van der Waals surface area contributed by atoms with Crippen LogP contribution in [0.3, 0.4) is 0 Å². The van der Waals surface area contributed by atoms with E-state index < -0.39 is 33.3 Å². The number of rotatable bonds is 9. The molecule has 0 radical (unpaired) electrons. The third-order valence-electron chi connectivity index (χ3n) is 8.15. The normalized spacial score (nSPS) is 15.3. The summed E-state index contributed by atoms with van der Waals surface area (Å²) in [6.45, 7) is 1.73. The fourth-order valence-corrected chi connectivity index (χ4v) is 7.78. The maximum absolute atomic E-state index is 14.6. The van der Waals surface area contributed by atoms with Gasteiger partial charge in [0.25, 0.3) is 21.8 Å². The van der Waals surface area contributed by atoms with Crippen LogP contribution in [0.15, 0.2) is 114 Å². The van der Waals surface area contributed by atoms with Gasteiger partial charge in [-0.2, -0.15) is 0 Å². The van der Waals surface area contributed by atoms with Crippen molar-refractivity contribution in [3.05, 3.63) is 142 Å². The molecule has 11 nitrogen and oxygen atoms in total. The average molecular weight is 732 g/mol. The Morgan fingerprint density at radius 3 is 2.42 bits per heavy atom. The first-order valence-corrected chi connectivity index (χ1v) is 17.2. The number of nitrogens with zero attached hydrogens (tertiary/aromatic N) is 2. The zero-order valence-corrected chi connectivity index (χ0v) is 28.8. The van der Waals surface area contributed by atoms with Crippen LogP contribution in [0.1, 0.15) is 34.0 Å². The van der Waals surface area contributed by atoms with E-state index in [1.165, 1.54) is 68.6 Å². The quantitative estimate of drug-likeness (QED) is 0.165. The van der Waals surface area contributed by atoms with E-state index in [4.69, 9.17) is 32.7 Å². The number of halogens is 2. The van der Waals surface area contributed by atoms with Crippen LogP contribution in [-0.4, -0.2) is 38.4 Å². The van der Waals surface area contributed by atoms with Crippen LogP contribution < -0.4 is 24.4 Å². The Balaban J connectivity index is 1.35. The third kappa shape index (κ3) is 6.48. The molecule has 3 amide bonds. The number of amides is 3. The molecule has 1 aliphatic rings. The second-order valence-electron chi connectivity index (χ2n) is 11.3. The molecular weight excluding hydrogens is 703 g/mol. The number of hydrogen-bond donors (Lipinski definition) is 2. The van der Waals surface area contributed by atoms with E-state index in [1.807, 2.05) is 6.07 Å². The summed E-state index contributed by atoms with van der Waals surface area (Å²) in [6, 6.07) is 24.6. The second kappa shape index (κ2) is 13.8. The molecule has 4 aromatic carbocycles. The lowest BCUT2D eigenvalue weighted by atomic mass is 9.76. The lowest BCUT2D eigenvalue weighted by Gasteiger charge is -2.26. The zero-order valence-electron chi connectivity index (χ0n) is 26.5. The monoisotopic (exact) mass is 730 g/mol. The van der Waals surface area contributed by atoms with Crippen molar-refractivity contribution < 1.29 is 32.3 Å². The van der Waals surface area contributed by atoms with Crippen molar-refractivity contribution in [1.82, 2.24) is 10.3 Å². The van der Waals surface area contributed by atoms with Gasteiger partial charge in [0.1, 0.15) is 21.8 Å². The predicted molar refractivity (Wildman–Crippen MR) is 189 cm³/mol. The molecule has 0 fully saturated rings. The maximum Gasteiger partial charge on any atom is 0.417 e. The zero-order chi connectivity index (χ0) is 35.6. The molecular formula is C36H28Cl2N4O7S. The Hall–Kier alpha value is -5.43. The van der Waals surface area contributed by atoms with Crippen LogP contribution in [-0.2, 0) is 26.8 Å². The van der Waals surface area contributed by atoms with Gasteiger partial charge in [-0.15, -0.1) is 0 Å². The van der Waals surface area contributed by atoms with E-state index in [0.29, 0.717) is 10.1 Å². The van der Waals surface area contributed by atoms with Crippen molar-refractivity contribution in [2.75, 3.05) is 16.7 Å². The number of fused-ring (bicyclic) bond motifs is 1. The molecule has 1 unspecified atom stereocenters. The summed E-state index contributed by atoms with van der Waals surface area (Å²) in [5.74, 6) is -1.14. The van der Waals surface area contributed by atoms with E-state index in [1.54, 1.807) is 48.8 Å². The summed E-state index contributed by atoms with van der Waals surface area (Å²) in [6.07, 6.45) is 2.44. The van der Waals surface area contributed by atoms with Gasteiger partial charge in [-0.05, 0) is 90.3 Å². The van der Waals surface area contributed by atoms with Gasteiger partial charge in [0.2, 0.25) is 0 Å². The minimum absolute atomic E-state index is 0.0418. The Bertz CT molecular complexity index is 2240. The highest BCUT2D eigenvalue weighted by molar-refractivity contribution is 7.93. The number of carbonyl (C=O) groups is 3. The standard InChI is InChI=1S/C36H28Cl2N4O7S/c1-36(27-17-23(10-13-29(27)38)33(43)40-21-22-7-6-16-39-20-22)28-18-24(37)11-14-30(28)42(34(36)44)50(46,47)32-15-12-25(19-31(32)48-2)41-35(45)49-26-8-4-3-5-9-26/h3-20H,21H2,1-2H3,(H,40,43)(H,41,45). The van der Waals surface area contributed by atoms with Crippen LogP contribution in [0, 0.1) is 0 Å². The summed E-state index contributed by atoms with van der Waals surface area (Å²) in [5, 5.41) is 5.73. The number of para-hydroxylation sites is 1. The Morgan fingerprint density at radius 2 is 1.70 bits per heavy atom. The third-order valence-corrected chi connectivity index (χ3v) is 10.5. The Labute approximate surface area is 297 Å². The van der Waals surface area contributed by atoms with Crippen LogP contribution in [0.4, 0.5) is 16.2 Å². The SMILES string of the molecule is COc1cc(NC(=O)Oc2ccccc2)ccc1S(=O)(=O)N1C(=O)C(C)(c2cc(C(=O)NCc3cccnc3)ccc2Cl)c2cc(Cl)ccc21. The number of hydrogen-bond acceptors (Lipinski definition) is 8. The van der Waals surface area contributed by atoms with Crippen molar-refractivity contribution >= 4 is 62.5 Å². The first-order valence-electron chi connectivity index (χ1n) is 15.0. The molecule has 1 atom stereocenters. The molecule has 0 saturated heterocycles. The minimum Gasteiger partial charge on any atom is -0.495 e. The largest absolute Gasteiger partial charge is 0.495 e. The number of methoxy groups -OCH3 is 1. The van der Waals surface area contributed by atoms with E-state index in [2.05, 4.69) is 15.6 Å². The fourth-order valence-electron chi connectivity index (χ4n) is 5.64. The number of sulfonamides is 1. The molecule has 5 aromatic rings. The highest BCUT2D eigenvalue weighted by atomic mass is 35.5. The van der Waals surface area contributed by atoms with Gasteiger partial charge < -0.3 is 14.8 Å². The molecule has 6 rings (SSSR count). The molecule has 0 aliphatic carbocycles. The number of pyridine rings is 1. The van der Waals surface area contributed by atoms with Crippen LogP contribution >= 0.6 is 23.2 Å². The summed E-state index contributed by atoms with van der Waals surface area (Å²) >= 11 is 13.1. The summed E-state index contributed by atoms with van der Waals surface area (Å²) in [4.78, 5) is 44.0. The van der Waals surface area contributed by atoms with Gasteiger partial charge in [0, 0.05) is 46.3 Å². The van der Waals surface area contributed by atoms with Gasteiger partial charge in [-0.1, -0.05) is 47.5 Å². The second-order valence-corrected chi connectivity index (χ2v) is 13.9.